The van der Waals surface area contributed by atoms with Crippen LogP contribution in [-0.2, 0) is 17.6 Å². The average molecular weight is 283 g/mol. The number of nitrogens with two attached hydrogens (primary N) is 1. The molecule has 110 valence electrons. The molecule has 2 aromatic rings. The van der Waals surface area contributed by atoms with Gasteiger partial charge in [-0.3, -0.25) is 4.79 Å². The van der Waals surface area contributed by atoms with Crippen LogP contribution in [-0.4, -0.2) is 11.0 Å². The maximum absolute atomic E-state index is 10.9. The Balaban J connectivity index is 1.77. The zero-order valence-corrected chi connectivity index (χ0v) is 12.0. The van der Waals surface area contributed by atoms with Gasteiger partial charge in [-0.1, -0.05) is 54.6 Å². The summed E-state index contributed by atoms with van der Waals surface area (Å²) in [6.07, 6.45) is 3.15. The molecule has 0 aliphatic rings. The Labute approximate surface area is 125 Å². The van der Waals surface area contributed by atoms with E-state index in [0.29, 0.717) is 5.56 Å². The third-order valence-corrected chi connectivity index (χ3v) is 3.59. The van der Waals surface area contributed by atoms with Crippen molar-refractivity contribution >= 4 is 5.91 Å². The van der Waals surface area contributed by atoms with Crippen molar-refractivity contribution in [3.8, 4) is 0 Å². The second-order valence-corrected chi connectivity index (χ2v) is 5.24. The zero-order chi connectivity index (χ0) is 15.1. The number of rotatable bonds is 7. The molecule has 0 saturated carbocycles. The summed E-state index contributed by atoms with van der Waals surface area (Å²) in [5, 5.41) is 9.55. The Morgan fingerprint density at radius 1 is 0.905 bits per heavy atom. The fraction of sp³-hybridized carbons (Fsp3) is 0.278. The minimum absolute atomic E-state index is 0.551. The number of aliphatic hydroxyl groups excluding tert-OH is 1. The maximum Gasteiger partial charge on any atom is 0.250 e. The molecule has 0 bridgehead atoms. The Morgan fingerprint density at radius 3 is 1.95 bits per heavy atom. The SMILES string of the molecule is NC(=O)C(O)c1ccc(CCCCc2ccccc2)cc1. The van der Waals surface area contributed by atoms with Crippen LogP contribution in [0, 0.1) is 0 Å². The van der Waals surface area contributed by atoms with Crippen LogP contribution in [0.1, 0.15) is 35.6 Å². The van der Waals surface area contributed by atoms with Crippen LogP contribution in [0.2, 0.25) is 0 Å². The van der Waals surface area contributed by atoms with Gasteiger partial charge in [0, 0.05) is 0 Å². The van der Waals surface area contributed by atoms with Crippen molar-refractivity contribution in [2.75, 3.05) is 0 Å². The lowest BCUT2D eigenvalue weighted by molar-refractivity contribution is -0.126. The van der Waals surface area contributed by atoms with Gasteiger partial charge in [0.05, 0.1) is 0 Å². The predicted octanol–water partition coefficient (Wildman–Crippen LogP) is 2.77. The lowest BCUT2D eigenvalue weighted by atomic mass is 10.0. The number of benzene rings is 2. The van der Waals surface area contributed by atoms with Gasteiger partial charge in [0.2, 0.25) is 0 Å². The van der Waals surface area contributed by atoms with Gasteiger partial charge in [0.25, 0.3) is 5.91 Å². The number of hydrogen-bond donors (Lipinski definition) is 2. The van der Waals surface area contributed by atoms with Crippen LogP contribution in [0.3, 0.4) is 0 Å². The summed E-state index contributed by atoms with van der Waals surface area (Å²) in [5.74, 6) is -0.717. The molecule has 0 heterocycles. The van der Waals surface area contributed by atoms with Crippen LogP contribution in [0.25, 0.3) is 0 Å². The average Bonchev–Trinajstić information content (AvgIpc) is 2.52. The highest BCUT2D eigenvalue weighted by atomic mass is 16.3. The van der Waals surface area contributed by atoms with Gasteiger partial charge in [-0.2, -0.15) is 0 Å². The Kier molecular flexibility index (Phi) is 5.52. The molecule has 0 fully saturated rings. The van der Waals surface area contributed by atoms with Gasteiger partial charge in [-0.05, 0) is 42.4 Å². The van der Waals surface area contributed by atoms with Crippen molar-refractivity contribution < 1.29 is 9.90 Å². The molecular weight excluding hydrogens is 262 g/mol. The summed E-state index contributed by atoms with van der Waals surface area (Å²) < 4.78 is 0. The fourth-order valence-electron chi connectivity index (χ4n) is 2.33. The molecule has 2 rings (SSSR count). The molecule has 2 aromatic carbocycles. The van der Waals surface area contributed by atoms with E-state index in [1.807, 2.05) is 18.2 Å². The van der Waals surface area contributed by atoms with Gasteiger partial charge < -0.3 is 10.8 Å². The van der Waals surface area contributed by atoms with E-state index in [0.717, 1.165) is 25.7 Å². The van der Waals surface area contributed by atoms with Crippen LogP contribution in [0.15, 0.2) is 54.6 Å². The highest BCUT2D eigenvalue weighted by molar-refractivity contribution is 5.80. The van der Waals surface area contributed by atoms with Crippen molar-refractivity contribution in [3.63, 3.8) is 0 Å². The molecule has 0 aliphatic heterocycles. The third kappa shape index (κ3) is 4.72. The second kappa shape index (κ2) is 7.60. The lowest BCUT2D eigenvalue weighted by Gasteiger charge is -2.08. The molecule has 1 amide bonds. The Morgan fingerprint density at radius 2 is 1.43 bits per heavy atom. The molecule has 0 spiro atoms. The molecule has 0 radical (unpaired) electrons. The highest BCUT2D eigenvalue weighted by Crippen LogP contribution is 2.15. The van der Waals surface area contributed by atoms with Crippen LogP contribution in [0.4, 0.5) is 0 Å². The maximum atomic E-state index is 10.9. The fourth-order valence-corrected chi connectivity index (χ4v) is 2.33. The summed E-state index contributed by atoms with van der Waals surface area (Å²) in [4.78, 5) is 10.9. The van der Waals surface area contributed by atoms with Gasteiger partial charge in [-0.25, -0.2) is 0 Å². The monoisotopic (exact) mass is 283 g/mol. The smallest absolute Gasteiger partial charge is 0.250 e. The van der Waals surface area contributed by atoms with Gasteiger partial charge in [0.1, 0.15) is 0 Å². The first-order valence-corrected chi connectivity index (χ1v) is 7.27. The lowest BCUT2D eigenvalue weighted by Crippen LogP contribution is -2.20. The molecule has 0 aromatic heterocycles. The number of amides is 1. The van der Waals surface area contributed by atoms with Gasteiger partial charge in [-0.15, -0.1) is 0 Å². The zero-order valence-electron chi connectivity index (χ0n) is 12.0. The molecule has 3 nitrogen and oxygen atoms in total. The Hall–Kier alpha value is -2.13. The quantitative estimate of drug-likeness (QED) is 0.767. The number of carbonyl (C=O) groups is 1. The van der Waals surface area contributed by atoms with Crippen LogP contribution in [0.5, 0.6) is 0 Å². The molecule has 3 N–H and O–H groups in total. The highest BCUT2D eigenvalue weighted by Gasteiger charge is 2.12. The summed E-state index contributed by atoms with van der Waals surface area (Å²) in [6, 6.07) is 17.9. The van der Waals surface area contributed by atoms with Gasteiger partial charge in [0.15, 0.2) is 6.10 Å². The normalized spacial score (nSPS) is 12.0. The summed E-state index contributed by atoms with van der Waals surface area (Å²) in [7, 11) is 0. The number of carbonyl (C=O) groups excluding carboxylic acids is 1. The van der Waals surface area contributed by atoms with E-state index >= 15 is 0 Å². The van der Waals surface area contributed by atoms with Crippen LogP contribution >= 0.6 is 0 Å². The van der Waals surface area contributed by atoms with E-state index in [9.17, 15) is 9.90 Å². The molecule has 1 atom stereocenters. The number of aliphatic hydroxyl groups is 1. The van der Waals surface area contributed by atoms with Crippen molar-refractivity contribution in [1.29, 1.82) is 0 Å². The Bertz CT molecular complexity index is 564. The van der Waals surface area contributed by atoms with Crippen molar-refractivity contribution in [1.82, 2.24) is 0 Å². The van der Waals surface area contributed by atoms with E-state index in [-0.39, 0.29) is 0 Å². The first-order valence-electron chi connectivity index (χ1n) is 7.27. The van der Waals surface area contributed by atoms with E-state index in [4.69, 9.17) is 5.73 Å². The first kappa shape index (κ1) is 15.3. The van der Waals surface area contributed by atoms with Crippen LogP contribution < -0.4 is 5.73 Å². The summed E-state index contributed by atoms with van der Waals surface area (Å²) >= 11 is 0. The van der Waals surface area contributed by atoms with Crippen molar-refractivity contribution in [2.45, 2.75) is 31.8 Å². The third-order valence-electron chi connectivity index (χ3n) is 3.59. The number of primary amides is 1. The summed E-state index contributed by atoms with van der Waals surface area (Å²) in [5.41, 5.74) is 8.21. The van der Waals surface area contributed by atoms with Crippen molar-refractivity contribution in [2.24, 2.45) is 5.73 Å². The molecule has 0 aliphatic carbocycles. The molecule has 3 heteroatoms. The summed E-state index contributed by atoms with van der Waals surface area (Å²) in [6.45, 7) is 0. The first-order chi connectivity index (χ1) is 10.2. The van der Waals surface area contributed by atoms with Crippen molar-refractivity contribution in [3.05, 3.63) is 71.3 Å². The standard InChI is InChI=1S/C18H21NO2/c19-18(21)17(20)16-12-10-15(11-13-16)9-5-4-8-14-6-2-1-3-7-14/h1-3,6-7,10-13,17,20H,4-5,8-9H2,(H2,19,21). The minimum Gasteiger partial charge on any atom is -0.378 e. The topological polar surface area (TPSA) is 63.3 Å². The largest absolute Gasteiger partial charge is 0.378 e. The molecular formula is C18H21NO2. The molecule has 1 unspecified atom stereocenters. The van der Waals surface area contributed by atoms with E-state index in [2.05, 4.69) is 24.3 Å². The van der Waals surface area contributed by atoms with E-state index in [1.54, 1.807) is 12.1 Å². The van der Waals surface area contributed by atoms with E-state index in [1.165, 1.54) is 11.1 Å². The number of hydrogen-bond acceptors (Lipinski definition) is 2. The molecule has 21 heavy (non-hydrogen) atoms. The molecule has 0 saturated heterocycles. The van der Waals surface area contributed by atoms with Gasteiger partial charge >= 0.3 is 0 Å². The second-order valence-electron chi connectivity index (χ2n) is 5.24. The number of aryl methyl sites for hydroxylation is 2. The minimum atomic E-state index is -1.21. The number of unbranched alkanes of at least 4 members (excludes halogenated alkanes) is 1. The predicted molar refractivity (Wildman–Crippen MR) is 83.7 cm³/mol. The van der Waals surface area contributed by atoms with E-state index < -0.39 is 12.0 Å².